The molecule has 1 aromatic carbocycles. The number of nitrogens with zero attached hydrogens (tertiary/aromatic N) is 6. The van der Waals surface area contributed by atoms with Crippen molar-refractivity contribution in [2.24, 2.45) is 0 Å². The number of alkyl halides is 3. The van der Waals surface area contributed by atoms with Gasteiger partial charge in [0.25, 0.3) is 11.8 Å². The summed E-state index contributed by atoms with van der Waals surface area (Å²) in [4.78, 5) is 35.2. The molecule has 0 unspecified atom stereocenters. The Morgan fingerprint density at radius 2 is 2.09 bits per heavy atom. The van der Waals surface area contributed by atoms with E-state index < -0.39 is 24.1 Å². The van der Waals surface area contributed by atoms with Crippen molar-refractivity contribution in [3.05, 3.63) is 51.0 Å². The number of ether oxygens (including phenoxy) is 1. The summed E-state index contributed by atoms with van der Waals surface area (Å²) in [5.41, 5.74) is -0.0732. The molecule has 0 radical (unpaired) electrons. The SMILES string of the molecule is Cc1nc([C@H](C)NC(=O)c2cc(Br)cc(OC(F)(F)F)c2)n(-c2ncc(C(=O)N(C)CC#N)s2)n1. The van der Waals surface area contributed by atoms with Gasteiger partial charge in [-0.05, 0) is 32.0 Å². The van der Waals surface area contributed by atoms with E-state index in [1.807, 2.05) is 6.07 Å². The van der Waals surface area contributed by atoms with E-state index in [1.165, 1.54) is 28.9 Å². The van der Waals surface area contributed by atoms with E-state index >= 15 is 0 Å². The van der Waals surface area contributed by atoms with E-state index in [2.05, 4.69) is 41.1 Å². The predicted octanol–water partition coefficient (Wildman–Crippen LogP) is 3.78. The first-order valence-corrected chi connectivity index (χ1v) is 11.4. The first-order chi connectivity index (χ1) is 16.4. The van der Waals surface area contributed by atoms with Gasteiger partial charge in [0, 0.05) is 17.1 Å². The van der Waals surface area contributed by atoms with Crippen LogP contribution in [0, 0.1) is 18.3 Å². The Kier molecular flexibility index (Phi) is 7.76. The topological polar surface area (TPSA) is 126 Å². The molecule has 3 rings (SSSR count). The Labute approximate surface area is 209 Å². The molecule has 15 heteroatoms. The maximum absolute atomic E-state index is 12.8. The van der Waals surface area contributed by atoms with Gasteiger partial charge in [0.05, 0.1) is 18.3 Å². The summed E-state index contributed by atoms with van der Waals surface area (Å²) in [6.07, 6.45) is -3.56. The van der Waals surface area contributed by atoms with Crippen LogP contribution in [0.1, 0.15) is 44.6 Å². The Balaban J connectivity index is 1.83. The van der Waals surface area contributed by atoms with Crippen molar-refractivity contribution in [1.29, 1.82) is 5.26 Å². The fourth-order valence-electron chi connectivity index (χ4n) is 2.91. The molecular formula is C20H17BrF3N7O3S. The molecule has 2 aromatic heterocycles. The fraction of sp³-hybridized carbons (Fsp3) is 0.300. The molecule has 0 aliphatic heterocycles. The summed E-state index contributed by atoms with van der Waals surface area (Å²) < 4.78 is 43.2. The molecule has 3 aromatic rings. The minimum Gasteiger partial charge on any atom is -0.406 e. The first-order valence-electron chi connectivity index (χ1n) is 9.77. The van der Waals surface area contributed by atoms with Gasteiger partial charge in [-0.2, -0.15) is 9.94 Å². The number of aromatic nitrogens is 4. The van der Waals surface area contributed by atoms with Crippen LogP contribution in [0.5, 0.6) is 5.75 Å². The van der Waals surface area contributed by atoms with E-state index in [9.17, 15) is 22.8 Å². The van der Waals surface area contributed by atoms with Crippen LogP contribution in [-0.4, -0.2) is 56.4 Å². The molecule has 184 valence electrons. The van der Waals surface area contributed by atoms with Gasteiger partial charge in [0.1, 0.15) is 23.0 Å². The van der Waals surface area contributed by atoms with Gasteiger partial charge in [-0.25, -0.2) is 9.97 Å². The minimum atomic E-state index is -4.91. The number of nitriles is 1. The van der Waals surface area contributed by atoms with Gasteiger partial charge in [-0.3, -0.25) is 9.59 Å². The number of rotatable bonds is 7. The third kappa shape index (κ3) is 6.55. The lowest BCUT2D eigenvalue weighted by molar-refractivity contribution is -0.274. The summed E-state index contributed by atoms with van der Waals surface area (Å²) in [6.45, 7) is 3.15. The van der Waals surface area contributed by atoms with Gasteiger partial charge in [0.15, 0.2) is 5.82 Å². The summed E-state index contributed by atoms with van der Waals surface area (Å²) in [6, 6.07) is 4.55. The number of carbonyl (C=O) groups excluding carboxylic acids is 2. The van der Waals surface area contributed by atoms with Crippen molar-refractivity contribution in [2.75, 3.05) is 13.6 Å². The summed E-state index contributed by atoms with van der Waals surface area (Å²) >= 11 is 4.09. The zero-order valence-corrected chi connectivity index (χ0v) is 20.8. The molecular weight excluding hydrogens is 555 g/mol. The molecule has 2 heterocycles. The van der Waals surface area contributed by atoms with E-state index in [0.717, 1.165) is 23.5 Å². The highest BCUT2D eigenvalue weighted by atomic mass is 79.9. The molecule has 0 bridgehead atoms. The van der Waals surface area contributed by atoms with Crippen LogP contribution in [0.25, 0.3) is 5.13 Å². The number of aryl methyl sites for hydroxylation is 1. The molecule has 0 spiro atoms. The minimum absolute atomic E-state index is 0.0732. The molecule has 1 N–H and O–H groups in total. The third-order valence-electron chi connectivity index (χ3n) is 4.38. The number of carbonyl (C=O) groups is 2. The number of thiazole rings is 1. The molecule has 0 saturated heterocycles. The van der Waals surface area contributed by atoms with Crippen molar-refractivity contribution in [2.45, 2.75) is 26.3 Å². The number of amides is 2. The highest BCUT2D eigenvalue weighted by Gasteiger charge is 2.31. The van der Waals surface area contributed by atoms with Gasteiger partial charge in [0.2, 0.25) is 5.13 Å². The van der Waals surface area contributed by atoms with Gasteiger partial charge in [-0.15, -0.1) is 18.3 Å². The van der Waals surface area contributed by atoms with Crippen molar-refractivity contribution < 1.29 is 27.5 Å². The lowest BCUT2D eigenvalue weighted by Crippen LogP contribution is -2.29. The van der Waals surface area contributed by atoms with E-state index in [-0.39, 0.29) is 33.2 Å². The summed E-state index contributed by atoms with van der Waals surface area (Å²) in [5.74, 6) is -0.955. The van der Waals surface area contributed by atoms with Crippen LogP contribution in [0.4, 0.5) is 13.2 Å². The molecule has 0 saturated carbocycles. The van der Waals surface area contributed by atoms with Gasteiger partial charge >= 0.3 is 6.36 Å². The monoisotopic (exact) mass is 571 g/mol. The van der Waals surface area contributed by atoms with Crippen LogP contribution >= 0.6 is 27.3 Å². The predicted molar refractivity (Wildman–Crippen MR) is 121 cm³/mol. The summed E-state index contributed by atoms with van der Waals surface area (Å²) in [5, 5.41) is 16.0. The number of hydrogen-bond acceptors (Lipinski definition) is 8. The highest BCUT2D eigenvalue weighted by molar-refractivity contribution is 9.10. The Hall–Kier alpha value is -3.51. The van der Waals surface area contributed by atoms with Crippen LogP contribution in [0.2, 0.25) is 0 Å². The average molecular weight is 572 g/mol. The third-order valence-corrected chi connectivity index (χ3v) is 5.80. The maximum Gasteiger partial charge on any atom is 0.573 e. The quantitative estimate of drug-likeness (QED) is 0.427. The smallest absolute Gasteiger partial charge is 0.406 e. The zero-order chi connectivity index (χ0) is 25.9. The molecule has 0 aliphatic carbocycles. The van der Waals surface area contributed by atoms with Crippen molar-refractivity contribution in [3.8, 4) is 17.0 Å². The van der Waals surface area contributed by atoms with E-state index in [4.69, 9.17) is 5.26 Å². The number of halogens is 4. The molecule has 35 heavy (non-hydrogen) atoms. The second-order valence-corrected chi connectivity index (χ2v) is 9.10. The Bertz CT molecular complexity index is 1300. The fourth-order valence-corrected chi connectivity index (χ4v) is 4.25. The lowest BCUT2D eigenvalue weighted by atomic mass is 10.2. The number of hydrogen-bond donors (Lipinski definition) is 1. The van der Waals surface area contributed by atoms with E-state index in [1.54, 1.807) is 13.8 Å². The Morgan fingerprint density at radius 1 is 1.37 bits per heavy atom. The van der Waals surface area contributed by atoms with Crippen molar-refractivity contribution in [1.82, 2.24) is 30.0 Å². The molecule has 1 atom stereocenters. The molecule has 0 aliphatic rings. The second-order valence-electron chi connectivity index (χ2n) is 7.17. The van der Waals surface area contributed by atoms with Crippen LogP contribution < -0.4 is 10.1 Å². The molecule has 0 fully saturated rings. The normalized spacial score (nSPS) is 12.1. The number of benzene rings is 1. The van der Waals surface area contributed by atoms with Crippen LogP contribution in [0.15, 0.2) is 28.9 Å². The van der Waals surface area contributed by atoms with Crippen LogP contribution in [-0.2, 0) is 0 Å². The average Bonchev–Trinajstić information content (AvgIpc) is 3.38. The summed E-state index contributed by atoms with van der Waals surface area (Å²) in [7, 11) is 1.49. The van der Waals surface area contributed by atoms with Crippen molar-refractivity contribution in [3.63, 3.8) is 0 Å². The van der Waals surface area contributed by atoms with E-state index in [0.29, 0.717) is 11.0 Å². The van der Waals surface area contributed by atoms with Crippen LogP contribution in [0.3, 0.4) is 0 Å². The van der Waals surface area contributed by atoms with Gasteiger partial charge in [-0.1, -0.05) is 27.3 Å². The maximum atomic E-state index is 12.8. The second kappa shape index (κ2) is 10.4. The van der Waals surface area contributed by atoms with Crippen molar-refractivity contribution >= 4 is 39.1 Å². The first kappa shape index (κ1) is 26.1. The number of nitrogens with one attached hydrogen (secondary N) is 1. The largest absolute Gasteiger partial charge is 0.573 e. The lowest BCUT2D eigenvalue weighted by Gasteiger charge is -2.15. The zero-order valence-electron chi connectivity index (χ0n) is 18.4. The standard InChI is InChI=1S/C20H17BrF3N7O3S/c1-10(27-17(32)12-6-13(21)8-14(7-12)34-20(22,23)24)16-28-11(2)29-31(16)19-26-9-15(35-19)18(33)30(3)5-4-25/h6-10H,5H2,1-3H3,(H,27,32)/t10-/m0/s1. The molecule has 10 nitrogen and oxygen atoms in total. The molecule has 2 amide bonds. The van der Waals surface area contributed by atoms with Gasteiger partial charge < -0.3 is 15.0 Å². The highest BCUT2D eigenvalue weighted by Crippen LogP contribution is 2.28. The Morgan fingerprint density at radius 3 is 2.74 bits per heavy atom.